The fourth-order valence-corrected chi connectivity index (χ4v) is 4.51. The number of methoxy groups -OCH3 is 1. The summed E-state index contributed by atoms with van der Waals surface area (Å²) in [6.45, 7) is 9.47. The Labute approximate surface area is 133 Å². The molecule has 22 heavy (non-hydrogen) atoms. The third-order valence-corrected chi connectivity index (χ3v) is 6.09. The number of esters is 1. The number of allylic oxidation sites excluding steroid dienone is 1. The number of hydrogen-bond acceptors (Lipinski definition) is 3. The highest BCUT2D eigenvalue weighted by atomic mass is 16.5. The maximum absolute atomic E-state index is 12.6. The van der Waals surface area contributed by atoms with Gasteiger partial charge in [-0.1, -0.05) is 50.3 Å². The summed E-state index contributed by atoms with van der Waals surface area (Å²) >= 11 is 0. The lowest BCUT2D eigenvalue weighted by Gasteiger charge is -2.34. The van der Waals surface area contributed by atoms with Gasteiger partial charge in [-0.05, 0) is 25.3 Å². The Bertz CT molecular complexity index is 597. The second-order valence-electron chi connectivity index (χ2n) is 6.92. The Kier molecular flexibility index (Phi) is 3.54. The molecule has 1 aliphatic heterocycles. The van der Waals surface area contributed by atoms with Crippen molar-refractivity contribution < 1.29 is 9.53 Å². The molecular formula is C19H25NO2. The molecular weight excluding hydrogens is 274 g/mol. The van der Waals surface area contributed by atoms with Gasteiger partial charge in [-0.25, -0.2) is 0 Å². The molecule has 0 unspecified atom stereocenters. The highest BCUT2D eigenvalue weighted by Gasteiger charge is 2.65. The average Bonchev–Trinajstić information content (AvgIpc) is 2.99. The first-order chi connectivity index (χ1) is 10.5. The lowest BCUT2D eigenvalue weighted by atomic mass is 9.68. The molecule has 1 heterocycles. The van der Waals surface area contributed by atoms with Crippen LogP contribution in [0.5, 0.6) is 0 Å². The highest BCUT2D eigenvalue weighted by molar-refractivity contribution is 5.80. The molecule has 3 atom stereocenters. The van der Waals surface area contributed by atoms with Gasteiger partial charge < -0.3 is 9.64 Å². The van der Waals surface area contributed by atoms with E-state index in [4.69, 9.17) is 4.74 Å². The topological polar surface area (TPSA) is 29.5 Å². The molecule has 3 nitrogen and oxygen atoms in total. The van der Waals surface area contributed by atoms with Crippen LogP contribution in [0.4, 0.5) is 0 Å². The van der Waals surface area contributed by atoms with Gasteiger partial charge in [-0.15, -0.1) is 0 Å². The summed E-state index contributed by atoms with van der Waals surface area (Å²) in [4.78, 5) is 14.9. The van der Waals surface area contributed by atoms with Crippen molar-refractivity contribution >= 4 is 5.97 Å². The zero-order valence-corrected chi connectivity index (χ0v) is 13.8. The number of rotatable bonds is 3. The molecule has 118 valence electrons. The van der Waals surface area contributed by atoms with Gasteiger partial charge in [0.25, 0.3) is 0 Å². The van der Waals surface area contributed by atoms with Gasteiger partial charge in [0.15, 0.2) is 0 Å². The molecule has 2 aliphatic rings. The van der Waals surface area contributed by atoms with Crippen molar-refractivity contribution in [2.24, 2.45) is 10.8 Å². The molecule has 1 saturated carbocycles. The lowest BCUT2D eigenvalue weighted by molar-refractivity contribution is -0.156. The zero-order valence-electron chi connectivity index (χ0n) is 13.8. The molecule has 3 heteroatoms. The second kappa shape index (κ2) is 5.15. The van der Waals surface area contributed by atoms with E-state index in [-0.39, 0.29) is 17.4 Å². The van der Waals surface area contributed by atoms with Crippen LogP contribution in [0.2, 0.25) is 0 Å². The predicted octanol–water partition coefficient (Wildman–Crippen LogP) is 3.93. The molecule has 1 aromatic rings. The number of carbonyl (C=O) groups is 1. The highest BCUT2D eigenvalue weighted by Crippen LogP contribution is 2.63. The molecule has 0 N–H and O–H groups in total. The number of ether oxygens (including phenoxy) is 1. The molecule has 0 spiro atoms. The number of carbonyl (C=O) groups excluding carboxylic acids is 1. The van der Waals surface area contributed by atoms with Crippen LogP contribution in [0.1, 0.15) is 44.7 Å². The van der Waals surface area contributed by atoms with E-state index in [1.54, 1.807) is 0 Å². The predicted molar refractivity (Wildman–Crippen MR) is 87.1 cm³/mol. The maximum Gasteiger partial charge on any atom is 0.314 e. The van der Waals surface area contributed by atoms with Crippen LogP contribution in [0.25, 0.3) is 0 Å². The van der Waals surface area contributed by atoms with Crippen LogP contribution in [0.15, 0.2) is 42.6 Å². The molecule has 3 rings (SSSR count). The van der Waals surface area contributed by atoms with Crippen molar-refractivity contribution in [3.63, 3.8) is 0 Å². The van der Waals surface area contributed by atoms with Crippen molar-refractivity contribution in [3.8, 4) is 0 Å². The summed E-state index contributed by atoms with van der Waals surface area (Å²) in [6.07, 6.45) is 2.98. The maximum atomic E-state index is 12.6. The first-order valence-electron chi connectivity index (χ1n) is 8.06. The SMILES string of the molecule is C=C1N([C@H](C)c2ccccc2)C[C@]2(C(=O)OC)CCC[C@]12C. The molecule has 0 aromatic heterocycles. The van der Waals surface area contributed by atoms with E-state index in [1.165, 1.54) is 12.7 Å². The summed E-state index contributed by atoms with van der Waals surface area (Å²) in [5, 5.41) is 0. The average molecular weight is 299 g/mol. The van der Waals surface area contributed by atoms with Crippen LogP contribution >= 0.6 is 0 Å². The fourth-order valence-electron chi connectivity index (χ4n) is 4.51. The summed E-state index contributed by atoms with van der Waals surface area (Å²) in [5.41, 5.74) is 1.74. The van der Waals surface area contributed by atoms with Gasteiger partial charge in [0, 0.05) is 17.7 Å². The third kappa shape index (κ3) is 1.84. The van der Waals surface area contributed by atoms with Crippen molar-refractivity contribution in [1.29, 1.82) is 0 Å². The minimum atomic E-state index is -0.429. The Morgan fingerprint density at radius 1 is 1.32 bits per heavy atom. The van der Waals surface area contributed by atoms with Crippen LogP contribution in [0, 0.1) is 10.8 Å². The standard InChI is InChI=1S/C19H25NO2/c1-14(16-9-6-5-7-10-16)20-13-19(17(21)22-4)12-8-11-18(19,3)15(20)2/h5-7,9-10,14H,2,8,11-13H2,1,3-4H3/t14-,18-,19+/m1/s1. The number of likely N-dealkylation sites (tertiary alicyclic amines) is 1. The minimum Gasteiger partial charge on any atom is -0.469 e. The van der Waals surface area contributed by atoms with Crippen LogP contribution in [0.3, 0.4) is 0 Å². The van der Waals surface area contributed by atoms with Gasteiger partial charge >= 0.3 is 5.97 Å². The number of hydrogen-bond donors (Lipinski definition) is 0. The molecule has 2 fully saturated rings. The summed E-state index contributed by atoms with van der Waals surface area (Å²) < 4.78 is 5.18. The fraction of sp³-hybridized carbons (Fsp3) is 0.526. The lowest BCUT2D eigenvalue weighted by Crippen LogP contribution is -2.41. The third-order valence-electron chi connectivity index (χ3n) is 6.09. The first kappa shape index (κ1) is 15.1. The molecule has 0 bridgehead atoms. The van der Waals surface area contributed by atoms with Crippen molar-refractivity contribution in [3.05, 3.63) is 48.2 Å². The minimum absolute atomic E-state index is 0.0728. The first-order valence-corrected chi connectivity index (χ1v) is 8.06. The van der Waals surface area contributed by atoms with E-state index < -0.39 is 5.41 Å². The molecule has 1 saturated heterocycles. The van der Waals surface area contributed by atoms with Crippen molar-refractivity contribution in [1.82, 2.24) is 4.90 Å². The second-order valence-corrected chi connectivity index (χ2v) is 6.92. The molecule has 1 aromatic carbocycles. The van der Waals surface area contributed by atoms with Crippen LogP contribution in [-0.4, -0.2) is 24.5 Å². The van der Waals surface area contributed by atoms with E-state index in [2.05, 4.69) is 49.6 Å². The number of fused-ring (bicyclic) bond motifs is 1. The molecule has 0 amide bonds. The summed E-state index contributed by atoms with van der Waals surface area (Å²) in [7, 11) is 1.50. The van der Waals surface area contributed by atoms with Crippen molar-refractivity contribution in [2.75, 3.05) is 13.7 Å². The summed E-state index contributed by atoms with van der Waals surface area (Å²) in [6, 6.07) is 10.6. The zero-order chi connectivity index (χ0) is 16.0. The molecule has 0 radical (unpaired) electrons. The van der Waals surface area contributed by atoms with Crippen molar-refractivity contribution in [2.45, 2.75) is 39.2 Å². The Balaban J connectivity index is 1.97. The van der Waals surface area contributed by atoms with E-state index in [9.17, 15) is 4.79 Å². The van der Waals surface area contributed by atoms with Gasteiger partial charge in [0.2, 0.25) is 0 Å². The van der Waals surface area contributed by atoms with E-state index in [0.29, 0.717) is 6.54 Å². The van der Waals surface area contributed by atoms with E-state index in [1.807, 2.05) is 6.07 Å². The number of nitrogens with zero attached hydrogens (tertiary/aromatic N) is 1. The smallest absolute Gasteiger partial charge is 0.314 e. The summed E-state index contributed by atoms with van der Waals surface area (Å²) in [5.74, 6) is -0.0728. The van der Waals surface area contributed by atoms with E-state index in [0.717, 1.165) is 25.0 Å². The van der Waals surface area contributed by atoms with Crippen LogP contribution in [-0.2, 0) is 9.53 Å². The van der Waals surface area contributed by atoms with Gasteiger partial charge in [-0.2, -0.15) is 0 Å². The normalized spacial score (nSPS) is 32.0. The Morgan fingerprint density at radius 3 is 2.64 bits per heavy atom. The number of benzene rings is 1. The Morgan fingerprint density at radius 2 is 2.00 bits per heavy atom. The quantitative estimate of drug-likeness (QED) is 0.792. The Hall–Kier alpha value is -1.77. The van der Waals surface area contributed by atoms with Crippen LogP contribution < -0.4 is 0 Å². The monoisotopic (exact) mass is 299 g/mol. The van der Waals surface area contributed by atoms with Gasteiger partial charge in [0.05, 0.1) is 18.6 Å². The van der Waals surface area contributed by atoms with Gasteiger partial charge in [0.1, 0.15) is 0 Å². The largest absolute Gasteiger partial charge is 0.469 e. The molecule has 1 aliphatic carbocycles. The van der Waals surface area contributed by atoms with E-state index >= 15 is 0 Å². The van der Waals surface area contributed by atoms with Gasteiger partial charge in [-0.3, -0.25) is 4.79 Å².